The van der Waals surface area contributed by atoms with Gasteiger partial charge in [0.15, 0.2) is 0 Å². The summed E-state index contributed by atoms with van der Waals surface area (Å²) < 4.78 is 5.54. The zero-order valence-corrected chi connectivity index (χ0v) is 11.9. The average molecular weight is 300 g/mol. The second-order valence-corrected chi connectivity index (χ2v) is 4.70. The number of carboxylic acid groups (broad SMARTS) is 2. The number of rotatable bonds is 3. The van der Waals surface area contributed by atoms with E-state index >= 15 is 0 Å². The van der Waals surface area contributed by atoms with Gasteiger partial charge < -0.3 is 14.9 Å². The molecule has 1 heterocycles. The minimum absolute atomic E-state index is 0.296. The van der Waals surface area contributed by atoms with E-state index in [1.807, 2.05) is 6.07 Å². The molecule has 0 saturated carbocycles. The molecule has 0 radical (unpaired) electrons. The number of carboxylic acids is 2. The zero-order valence-electron chi connectivity index (χ0n) is 11.9. The Morgan fingerprint density at radius 2 is 1.68 bits per heavy atom. The molecule has 5 heteroatoms. The summed E-state index contributed by atoms with van der Waals surface area (Å²) in [5.41, 5.74) is 1.20. The lowest BCUT2D eigenvalue weighted by atomic mass is 10.0. The van der Waals surface area contributed by atoms with Gasteiger partial charge in [-0.1, -0.05) is 36.4 Å². The van der Waals surface area contributed by atoms with Gasteiger partial charge in [-0.2, -0.15) is 0 Å². The van der Waals surface area contributed by atoms with E-state index in [-0.39, 0.29) is 12.8 Å². The van der Waals surface area contributed by atoms with Crippen molar-refractivity contribution in [1.29, 1.82) is 0 Å². The van der Waals surface area contributed by atoms with Crippen LogP contribution in [-0.2, 0) is 9.59 Å². The first-order chi connectivity index (χ1) is 10.6. The van der Waals surface area contributed by atoms with E-state index in [0.717, 1.165) is 5.75 Å². The van der Waals surface area contributed by atoms with Crippen molar-refractivity contribution in [1.82, 2.24) is 0 Å². The normalized spacial score (nSPS) is 11.8. The third-order valence-corrected chi connectivity index (χ3v) is 3.10. The van der Waals surface area contributed by atoms with Gasteiger partial charge in [0.1, 0.15) is 12.4 Å². The van der Waals surface area contributed by atoms with Crippen molar-refractivity contribution in [2.24, 2.45) is 0 Å². The molecule has 0 fully saturated rings. The van der Waals surface area contributed by atoms with Gasteiger partial charge in [-0.25, -0.2) is 0 Å². The third-order valence-electron chi connectivity index (χ3n) is 3.10. The Morgan fingerprint density at radius 1 is 1.00 bits per heavy atom. The fourth-order valence-electron chi connectivity index (χ4n) is 2.09. The fourth-order valence-corrected chi connectivity index (χ4v) is 2.09. The Bertz CT molecular complexity index is 704. The summed E-state index contributed by atoms with van der Waals surface area (Å²) in [7, 11) is 0. The molecule has 0 aliphatic carbocycles. The predicted octanol–water partition coefficient (Wildman–Crippen LogP) is 3.18. The topological polar surface area (TPSA) is 83.8 Å². The van der Waals surface area contributed by atoms with Gasteiger partial charge >= 0.3 is 11.9 Å². The van der Waals surface area contributed by atoms with E-state index in [0.29, 0.717) is 6.61 Å². The lowest BCUT2D eigenvalue weighted by Crippen LogP contribution is -2.00. The highest BCUT2D eigenvalue weighted by Gasteiger charge is 2.08. The van der Waals surface area contributed by atoms with Gasteiger partial charge in [-0.05, 0) is 22.9 Å². The van der Waals surface area contributed by atoms with E-state index in [1.165, 1.54) is 16.3 Å². The number of fused-ring (bicyclic) bond motifs is 3. The molecular formula is C17H16O5. The maximum Gasteiger partial charge on any atom is 0.303 e. The average Bonchev–Trinajstić information content (AvgIpc) is 2.53. The summed E-state index contributed by atoms with van der Waals surface area (Å²) in [6.45, 7) is 0.686. The van der Waals surface area contributed by atoms with Crippen molar-refractivity contribution >= 4 is 28.8 Å². The minimum Gasteiger partial charge on any atom is -0.489 e. The van der Waals surface area contributed by atoms with Gasteiger partial charge in [-0.15, -0.1) is 0 Å². The van der Waals surface area contributed by atoms with Crippen molar-refractivity contribution in [3.8, 4) is 5.75 Å². The van der Waals surface area contributed by atoms with Gasteiger partial charge in [0.2, 0.25) is 0 Å². The Balaban J connectivity index is 0.000000192. The minimum atomic E-state index is -1.08. The molecule has 0 atom stereocenters. The molecule has 0 aromatic heterocycles. The summed E-state index contributed by atoms with van der Waals surface area (Å²) in [5.74, 6) is -1.16. The van der Waals surface area contributed by atoms with Gasteiger partial charge in [0, 0.05) is 5.56 Å². The molecule has 22 heavy (non-hydrogen) atoms. The zero-order chi connectivity index (χ0) is 15.9. The van der Waals surface area contributed by atoms with Crippen molar-refractivity contribution < 1.29 is 24.5 Å². The summed E-state index contributed by atoms with van der Waals surface area (Å²) in [6.07, 6.45) is 3.60. The number of hydrogen-bond acceptors (Lipinski definition) is 3. The SMILES string of the molecule is C1=Cc2c(ccc3ccccc23)OC1.O=C(O)CCC(=O)O. The molecule has 114 valence electrons. The van der Waals surface area contributed by atoms with Crippen LogP contribution in [-0.4, -0.2) is 28.8 Å². The van der Waals surface area contributed by atoms with Crippen LogP contribution in [0.3, 0.4) is 0 Å². The van der Waals surface area contributed by atoms with Crippen molar-refractivity contribution in [3.05, 3.63) is 48.0 Å². The lowest BCUT2D eigenvalue weighted by Gasteiger charge is -2.14. The standard InChI is InChI=1S/C13H10O.C4H6O4/c1-2-5-11-10(4-1)7-8-13-12(11)6-3-9-14-13;5-3(6)1-2-4(7)8/h1-8H,9H2;1-2H2,(H,5,6)(H,7,8). The summed E-state index contributed by atoms with van der Waals surface area (Å²) >= 11 is 0. The maximum absolute atomic E-state index is 9.64. The van der Waals surface area contributed by atoms with Crippen molar-refractivity contribution in [3.63, 3.8) is 0 Å². The molecule has 0 amide bonds. The molecule has 3 rings (SSSR count). The number of carbonyl (C=O) groups is 2. The molecule has 5 nitrogen and oxygen atoms in total. The van der Waals surface area contributed by atoms with E-state index in [9.17, 15) is 9.59 Å². The summed E-state index contributed by atoms with van der Waals surface area (Å²) in [5, 5.41) is 18.3. The van der Waals surface area contributed by atoms with Crippen LogP contribution in [0.15, 0.2) is 42.5 Å². The number of ether oxygens (including phenoxy) is 1. The highest BCUT2D eigenvalue weighted by atomic mass is 16.5. The van der Waals surface area contributed by atoms with E-state index < -0.39 is 11.9 Å². The third kappa shape index (κ3) is 4.09. The summed E-state index contributed by atoms with van der Waals surface area (Å²) in [6, 6.07) is 12.5. The van der Waals surface area contributed by atoms with Gasteiger partial charge in [0.05, 0.1) is 12.8 Å². The number of hydrogen-bond donors (Lipinski definition) is 2. The maximum atomic E-state index is 9.64. The lowest BCUT2D eigenvalue weighted by molar-refractivity contribution is -0.143. The molecule has 0 bridgehead atoms. The van der Waals surface area contributed by atoms with Crippen LogP contribution in [0.4, 0.5) is 0 Å². The Labute approximate surface area is 127 Å². The van der Waals surface area contributed by atoms with Gasteiger partial charge in [0.25, 0.3) is 0 Å². The molecule has 2 aromatic carbocycles. The van der Waals surface area contributed by atoms with Crippen LogP contribution in [0.25, 0.3) is 16.8 Å². The van der Waals surface area contributed by atoms with E-state index in [4.69, 9.17) is 14.9 Å². The molecule has 0 saturated heterocycles. The van der Waals surface area contributed by atoms with Crippen LogP contribution >= 0.6 is 0 Å². The molecule has 2 N–H and O–H groups in total. The predicted molar refractivity (Wildman–Crippen MR) is 83.0 cm³/mol. The van der Waals surface area contributed by atoms with Gasteiger partial charge in [-0.3, -0.25) is 9.59 Å². The molecular weight excluding hydrogens is 284 g/mol. The van der Waals surface area contributed by atoms with Crippen LogP contribution in [0.5, 0.6) is 5.75 Å². The van der Waals surface area contributed by atoms with E-state index in [1.54, 1.807) is 0 Å². The Kier molecular flexibility index (Phi) is 5.14. The van der Waals surface area contributed by atoms with Crippen LogP contribution < -0.4 is 4.74 Å². The largest absolute Gasteiger partial charge is 0.489 e. The molecule has 1 aliphatic rings. The summed E-state index contributed by atoms with van der Waals surface area (Å²) in [4.78, 5) is 19.3. The first-order valence-electron chi connectivity index (χ1n) is 6.82. The first kappa shape index (κ1) is 15.6. The second kappa shape index (κ2) is 7.26. The Hall–Kier alpha value is -2.82. The number of benzene rings is 2. The molecule has 0 unspecified atom stereocenters. The van der Waals surface area contributed by atoms with Crippen LogP contribution in [0, 0.1) is 0 Å². The van der Waals surface area contributed by atoms with Crippen LogP contribution in [0.1, 0.15) is 18.4 Å². The first-order valence-corrected chi connectivity index (χ1v) is 6.82. The molecule has 1 aliphatic heterocycles. The Morgan fingerprint density at radius 3 is 2.36 bits per heavy atom. The number of aliphatic carboxylic acids is 2. The monoisotopic (exact) mass is 300 g/mol. The fraction of sp³-hybridized carbons (Fsp3) is 0.176. The molecule has 0 spiro atoms. The smallest absolute Gasteiger partial charge is 0.303 e. The van der Waals surface area contributed by atoms with Crippen LogP contribution in [0.2, 0.25) is 0 Å². The highest BCUT2D eigenvalue weighted by Crippen LogP contribution is 2.31. The highest BCUT2D eigenvalue weighted by molar-refractivity contribution is 5.93. The van der Waals surface area contributed by atoms with Crippen molar-refractivity contribution in [2.75, 3.05) is 6.61 Å². The molecule has 2 aromatic rings. The van der Waals surface area contributed by atoms with E-state index in [2.05, 4.69) is 42.5 Å². The second-order valence-electron chi connectivity index (χ2n) is 4.70. The quantitative estimate of drug-likeness (QED) is 0.909. The van der Waals surface area contributed by atoms with Crippen molar-refractivity contribution in [2.45, 2.75) is 12.8 Å².